The van der Waals surface area contributed by atoms with E-state index < -0.39 is 0 Å². The molecule has 0 N–H and O–H groups in total. The average molecular weight is 238 g/mol. The standard InChI is InChI=1S/C16H14O2/c17-12-16-8-4-7-14(11-16)9-10-18-13-15-5-2-1-3-6-15/h1-12H,13H2. The molecule has 2 aromatic rings. The maximum absolute atomic E-state index is 10.6. The number of ether oxygens (including phenoxy) is 1. The predicted octanol–water partition coefficient (Wildman–Crippen LogP) is 3.69. The van der Waals surface area contributed by atoms with Crippen molar-refractivity contribution >= 4 is 12.4 Å². The highest BCUT2D eigenvalue weighted by atomic mass is 16.5. The van der Waals surface area contributed by atoms with Gasteiger partial charge >= 0.3 is 0 Å². The average Bonchev–Trinajstić information content (AvgIpc) is 2.45. The molecule has 0 atom stereocenters. The number of carbonyl (C=O) groups excluding carboxylic acids is 1. The summed E-state index contributed by atoms with van der Waals surface area (Å²) in [5, 5.41) is 0. The summed E-state index contributed by atoms with van der Waals surface area (Å²) in [5.74, 6) is 0. The Morgan fingerprint density at radius 1 is 0.944 bits per heavy atom. The van der Waals surface area contributed by atoms with Gasteiger partial charge in [0, 0.05) is 5.56 Å². The Bertz CT molecular complexity index is 530. The number of benzene rings is 2. The lowest BCUT2D eigenvalue weighted by Crippen LogP contribution is -1.85. The van der Waals surface area contributed by atoms with Gasteiger partial charge in [-0.05, 0) is 23.3 Å². The molecule has 2 nitrogen and oxygen atoms in total. The normalized spacial score (nSPS) is 10.4. The molecule has 2 aromatic carbocycles. The zero-order valence-corrected chi connectivity index (χ0v) is 9.95. The molecule has 0 unspecified atom stereocenters. The van der Waals surface area contributed by atoms with E-state index in [0.717, 1.165) is 17.4 Å². The second-order valence-corrected chi connectivity index (χ2v) is 3.89. The van der Waals surface area contributed by atoms with Gasteiger partial charge in [0.15, 0.2) is 0 Å². The summed E-state index contributed by atoms with van der Waals surface area (Å²) < 4.78 is 5.43. The van der Waals surface area contributed by atoms with Crippen LogP contribution in [-0.4, -0.2) is 6.29 Å². The lowest BCUT2D eigenvalue weighted by Gasteiger charge is -2.00. The van der Waals surface area contributed by atoms with Crippen LogP contribution in [0.2, 0.25) is 0 Å². The molecule has 0 saturated carbocycles. The fraction of sp³-hybridized carbons (Fsp3) is 0.0625. The quantitative estimate of drug-likeness (QED) is 0.586. The van der Waals surface area contributed by atoms with E-state index in [1.165, 1.54) is 0 Å². The fourth-order valence-corrected chi connectivity index (χ4v) is 1.58. The van der Waals surface area contributed by atoms with Gasteiger partial charge in [0.1, 0.15) is 12.9 Å². The molecule has 0 aromatic heterocycles. The van der Waals surface area contributed by atoms with Crippen LogP contribution in [0, 0.1) is 0 Å². The first-order chi connectivity index (χ1) is 8.88. The van der Waals surface area contributed by atoms with Crippen molar-refractivity contribution < 1.29 is 9.53 Å². The van der Waals surface area contributed by atoms with E-state index in [1.54, 1.807) is 12.3 Å². The second kappa shape index (κ2) is 6.40. The van der Waals surface area contributed by atoms with E-state index in [0.29, 0.717) is 12.2 Å². The molecule has 0 amide bonds. The summed E-state index contributed by atoms with van der Waals surface area (Å²) in [5.41, 5.74) is 2.75. The molecule has 0 radical (unpaired) electrons. The summed E-state index contributed by atoms with van der Waals surface area (Å²) in [4.78, 5) is 10.6. The first-order valence-corrected chi connectivity index (χ1v) is 5.76. The molecule has 0 aliphatic heterocycles. The van der Waals surface area contributed by atoms with Crippen LogP contribution in [0.25, 0.3) is 6.08 Å². The molecule has 0 saturated heterocycles. The first kappa shape index (κ1) is 12.1. The molecule has 2 heteroatoms. The Hall–Kier alpha value is -2.35. The van der Waals surface area contributed by atoms with Crippen LogP contribution in [0.4, 0.5) is 0 Å². The smallest absolute Gasteiger partial charge is 0.150 e. The van der Waals surface area contributed by atoms with Gasteiger partial charge in [-0.15, -0.1) is 0 Å². The summed E-state index contributed by atoms with van der Waals surface area (Å²) in [6.07, 6.45) is 4.33. The van der Waals surface area contributed by atoms with Crippen LogP contribution in [-0.2, 0) is 11.3 Å². The van der Waals surface area contributed by atoms with Gasteiger partial charge in [-0.2, -0.15) is 0 Å². The van der Waals surface area contributed by atoms with E-state index in [4.69, 9.17) is 4.74 Å². The molecular formula is C16H14O2. The van der Waals surface area contributed by atoms with Gasteiger partial charge in [0.05, 0.1) is 6.26 Å². The van der Waals surface area contributed by atoms with Crippen molar-refractivity contribution in [1.29, 1.82) is 0 Å². The molecule has 0 fully saturated rings. The molecule has 0 aliphatic carbocycles. The third-order valence-corrected chi connectivity index (χ3v) is 2.50. The molecule has 0 aliphatic rings. The van der Waals surface area contributed by atoms with Gasteiger partial charge in [-0.25, -0.2) is 0 Å². The summed E-state index contributed by atoms with van der Waals surface area (Å²) in [6.45, 7) is 0.546. The maximum atomic E-state index is 10.6. The SMILES string of the molecule is O=Cc1cccc(C=COCc2ccccc2)c1. The molecule has 90 valence electrons. The van der Waals surface area contributed by atoms with Gasteiger partial charge in [0.25, 0.3) is 0 Å². The van der Waals surface area contributed by atoms with E-state index in [1.807, 2.05) is 54.6 Å². The molecule has 0 spiro atoms. The summed E-state index contributed by atoms with van der Waals surface area (Å²) in [6, 6.07) is 17.3. The van der Waals surface area contributed by atoms with Crippen molar-refractivity contribution in [3.05, 3.63) is 77.5 Å². The largest absolute Gasteiger partial charge is 0.496 e. The zero-order chi connectivity index (χ0) is 12.6. The Kier molecular flexibility index (Phi) is 4.31. The van der Waals surface area contributed by atoms with Crippen LogP contribution >= 0.6 is 0 Å². The van der Waals surface area contributed by atoms with Crippen molar-refractivity contribution in [2.24, 2.45) is 0 Å². The topological polar surface area (TPSA) is 26.3 Å². The van der Waals surface area contributed by atoms with Gasteiger partial charge in [-0.3, -0.25) is 4.79 Å². The minimum atomic E-state index is 0.546. The zero-order valence-electron chi connectivity index (χ0n) is 9.95. The van der Waals surface area contributed by atoms with Gasteiger partial charge < -0.3 is 4.74 Å². The molecule has 0 bridgehead atoms. The van der Waals surface area contributed by atoms with Crippen LogP contribution < -0.4 is 0 Å². The number of hydrogen-bond acceptors (Lipinski definition) is 2. The van der Waals surface area contributed by atoms with Crippen LogP contribution in [0.3, 0.4) is 0 Å². The van der Waals surface area contributed by atoms with Crippen molar-refractivity contribution in [1.82, 2.24) is 0 Å². The van der Waals surface area contributed by atoms with E-state index >= 15 is 0 Å². The van der Waals surface area contributed by atoms with Crippen molar-refractivity contribution in [2.45, 2.75) is 6.61 Å². The maximum Gasteiger partial charge on any atom is 0.150 e. The predicted molar refractivity (Wildman–Crippen MR) is 72.1 cm³/mol. The summed E-state index contributed by atoms with van der Waals surface area (Å²) >= 11 is 0. The molecule has 18 heavy (non-hydrogen) atoms. The molecular weight excluding hydrogens is 224 g/mol. The highest BCUT2D eigenvalue weighted by Gasteiger charge is 1.91. The lowest BCUT2D eigenvalue weighted by molar-refractivity contribution is 0.112. The Labute approximate surface area is 107 Å². The van der Waals surface area contributed by atoms with Crippen molar-refractivity contribution in [3.63, 3.8) is 0 Å². The lowest BCUT2D eigenvalue weighted by atomic mass is 10.1. The first-order valence-electron chi connectivity index (χ1n) is 5.76. The van der Waals surface area contributed by atoms with Crippen LogP contribution in [0.5, 0.6) is 0 Å². The highest BCUT2D eigenvalue weighted by Crippen LogP contribution is 2.06. The van der Waals surface area contributed by atoms with Crippen LogP contribution in [0.1, 0.15) is 21.5 Å². The van der Waals surface area contributed by atoms with Crippen molar-refractivity contribution in [3.8, 4) is 0 Å². The second-order valence-electron chi connectivity index (χ2n) is 3.89. The van der Waals surface area contributed by atoms with Gasteiger partial charge in [0.2, 0.25) is 0 Å². The number of hydrogen-bond donors (Lipinski definition) is 0. The Morgan fingerprint density at radius 2 is 1.72 bits per heavy atom. The van der Waals surface area contributed by atoms with Gasteiger partial charge in [-0.1, -0.05) is 48.5 Å². The minimum Gasteiger partial charge on any atom is -0.496 e. The number of aldehydes is 1. The Morgan fingerprint density at radius 3 is 2.50 bits per heavy atom. The Balaban J connectivity index is 1.89. The third-order valence-electron chi connectivity index (χ3n) is 2.50. The third kappa shape index (κ3) is 3.59. The number of carbonyl (C=O) groups is 1. The van der Waals surface area contributed by atoms with E-state index in [9.17, 15) is 4.79 Å². The minimum absolute atomic E-state index is 0.546. The number of rotatable bonds is 5. The monoisotopic (exact) mass is 238 g/mol. The summed E-state index contributed by atoms with van der Waals surface area (Å²) in [7, 11) is 0. The molecule has 2 rings (SSSR count). The molecule has 0 heterocycles. The van der Waals surface area contributed by atoms with E-state index in [-0.39, 0.29) is 0 Å². The highest BCUT2D eigenvalue weighted by molar-refractivity contribution is 5.76. The fourth-order valence-electron chi connectivity index (χ4n) is 1.58. The van der Waals surface area contributed by atoms with Crippen molar-refractivity contribution in [2.75, 3.05) is 0 Å². The van der Waals surface area contributed by atoms with Crippen LogP contribution in [0.15, 0.2) is 60.9 Å². The van der Waals surface area contributed by atoms with E-state index in [2.05, 4.69) is 0 Å².